The predicted octanol–water partition coefficient (Wildman–Crippen LogP) is 6.48. The summed E-state index contributed by atoms with van der Waals surface area (Å²) in [5.74, 6) is -0.959. The fraction of sp³-hybridized carbons (Fsp3) is 0.310. The van der Waals surface area contributed by atoms with Gasteiger partial charge < -0.3 is 10.2 Å². The van der Waals surface area contributed by atoms with Gasteiger partial charge in [0.1, 0.15) is 12.6 Å². The third-order valence-corrected chi connectivity index (χ3v) is 9.16. The minimum Gasteiger partial charge on any atom is -0.352 e. The molecule has 0 saturated carbocycles. The van der Waals surface area contributed by atoms with Crippen molar-refractivity contribution in [3.63, 3.8) is 0 Å². The number of sulfonamides is 1. The van der Waals surface area contributed by atoms with Crippen molar-refractivity contribution in [1.82, 2.24) is 10.2 Å². The summed E-state index contributed by atoms with van der Waals surface area (Å²) in [6.07, 6.45) is 0.703. The van der Waals surface area contributed by atoms with Crippen LogP contribution in [-0.4, -0.2) is 43.8 Å². The number of nitrogens with one attached hydrogen (secondary N) is 1. The highest BCUT2D eigenvalue weighted by molar-refractivity contribution is 7.92. The van der Waals surface area contributed by atoms with E-state index < -0.39 is 28.5 Å². The number of anilines is 1. The van der Waals surface area contributed by atoms with Crippen molar-refractivity contribution in [3.05, 3.63) is 92.9 Å². The van der Waals surface area contributed by atoms with Crippen LogP contribution in [-0.2, 0) is 26.2 Å². The van der Waals surface area contributed by atoms with Gasteiger partial charge in [0.15, 0.2) is 0 Å². The van der Waals surface area contributed by atoms with Crippen LogP contribution in [0.5, 0.6) is 0 Å². The van der Waals surface area contributed by atoms with Crippen molar-refractivity contribution in [3.8, 4) is 0 Å². The second-order valence-corrected chi connectivity index (χ2v) is 12.6. The lowest BCUT2D eigenvalue weighted by atomic mass is 10.1. The number of rotatable bonds is 11. The van der Waals surface area contributed by atoms with Crippen LogP contribution in [0.4, 0.5) is 5.69 Å². The Morgan fingerprint density at radius 1 is 0.925 bits per heavy atom. The maximum atomic E-state index is 14.0. The molecule has 11 heteroatoms. The first kappa shape index (κ1) is 31.7. The number of carbonyl (C=O) groups excluding carboxylic acids is 2. The first-order valence-corrected chi connectivity index (χ1v) is 15.3. The first-order chi connectivity index (χ1) is 18.8. The SMILES string of the molecule is CC[C@@H](C)NC(=O)[C@@H](C)N(Cc1ccc(Cl)cc1Cl)C(=O)CN(c1ccc(Cl)cc1C)S(=O)(=O)c1ccccc1. The Labute approximate surface area is 251 Å². The van der Waals surface area contributed by atoms with E-state index in [1.165, 1.54) is 17.0 Å². The summed E-state index contributed by atoms with van der Waals surface area (Å²) in [5, 5.41) is 4.07. The molecule has 3 aromatic rings. The average Bonchev–Trinajstić information content (AvgIpc) is 2.91. The molecule has 0 unspecified atom stereocenters. The molecule has 0 radical (unpaired) electrons. The fourth-order valence-electron chi connectivity index (χ4n) is 4.01. The smallest absolute Gasteiger partial charge is 0.264 e. The van der Waals surface area contributed by atoms with Crippen LogP contribution in [0.1, 0.15) is 38.3 Å². The number of hydrogen-bond donors (Lipinski definition) is 1. The standard InChI is InChI=1S/C29H32Cl3N3O4S/c1-5-20(3)33-29(37)21(4)34(17-22-11-12-24(31)16-26(22)32)28(36)18-35(27-14-13-23(30)15-19(27)2)40(38,39)25-9-7-6-8-10-25/h6-16,20-21H,5,17-18H2,1-4H3,(H,33,37)/t20-,21-/m1/s1. The molecule has 2 atom stereocenters. The minimum atomic E-state index is -4.17. The van der Waals surface area contributed by atoms with Gasteiger partial charge in [0.05, 0.1) is 10.6 Å². The third-order valence-electron chi connectivity index (χ3n) is 6.56. The summed E-state index contributed by atoms with van der Waals surface area (Å²) in [5.41, 5.74) is 1.42. The molecular formula is C29H32Cl3N3O4S. The van der Waals surface area contributed by atoms with Crippen LogP contribution in [0.25, 0.3) is 0 Å². The summed E-state index contributed by atoms with van der Waals surface area (Å²) < 4.78 is 28.8. The normalized spacial score (nSPS) is 12.9. The van der Waals surface area contributed by atoms with Crippen molar-refractivity contribution in [2.75, 3.05) is 10.8 Å². The minimum absolute atomic E-state index is 0.0204. The molecule has 3 rings (SSSR count). The molecule has 7 nitrogen and oxygen atoms in total. The molecule has 0 aromatic heterocycles. The number of benzene rings is 3. The highest BCUT2D eigenvalue weighted by Gasteiger charge is 2.33. The van der Waals surface area contributed by atoms with Crippen LogP contribution in [0.3, 0.4) is 0 Å². The number of hydrogen-bond acceptors (Lipinski definition) is 4. The summed E-state index contributed by atoms with van der Waals surface area (Å²) in [6.45, 7) is 6.52. The molecule has 0 spiro atoms. The second kappa shape index (κ2) is 13.7. The Morgan fingerprint density at radius 2 is 1.55 bits per heavy atom. The van der Waals surface area contributed by atoms with Gasteiger partial charge in [-0.05, 0) is 80.8 Å². The monoisotopic (exact) mass is 623 g/mol. The van der Waals surface area contributed by atoms with Gasteiger partial charge in [0.25, 0.3) is 10.0 Å². The van der Waals surface area contributed by atoms with Crippen LogP contribution < -0.4 is 9.62 Å². The van der Waals surface area contributed by atoms with Gasteiger partial charge in [0.2, 0.25) is 11.8 Å². The first-order valence-electron chi connectivity index (χ1n) is 12.7. The van der Waals surface area contributed by atoms with Gasteiger partial charge in [-0.2, -0.15) is 0 Å². The zero-order chi connectivity index (χ0) is 29.6. The number of nitrogens with zero attached hydrogens (tertiary/aromatic N) is 2. The van der Waals surface area contributed by atoms with E-state index in [-0.39, 0.29) is 23.4 Å². The van der Waals surface area contributed by atoms with E-state index in [1.54, 1.807) is 68.4 Å². The van der Waals surface area contributed by atoms with Crippen molar-refractivity contribution < 1.29 is 18.0 Å². The quantitative estimate of drug-likeness (QED) is 0.265. The van der Waals surface area contributed by atoms with Crippen molar-refractivity contribution in [2.24, 2.45) is 0 Å². The Balaban J connectivity index is 2.07. The molecule has 3 aromatic carbocycles. The molecule has 0 aliphatic rings. The molecule has 0 saturated heterocycles. The average molecular weight is 625 g/mol. The van der Waals surface area contributed by atoms with Crippen LogP contribution in [0.15, 0.2) is 71.6 Å². The molecule has 0 bridgehead atoms. The number of amides is 2. The summed E-state index contributed by atoms with van der Waals surface area (Å²) in [7, 11) is -4.17. The molecule has 1 N–H and O–H groups in total. The van der Waals surface area contributed by atoms with Gasteiger partial charge in [-0.15, -0.1) is 0 Å². The van der Waals surface area contributed by atoms with Crippen molar-refractivity contribution in [2.45, 2.75) is 57.6 Å². The van der Waals surface area contributed by atoms with E-state index in [1.807, 2.05) is 13.8 Å². The Hall–Kier alpha value is -2.78. The molecule has 40 heavy (non-hydrogen) atoms. The molecule has 0 fully saturated rings. The Morgan fingerprint density at radius 3 is 2.15 bits per heavy atom. The van der Waals surface area contributed by atoms with E-state index in [9.17, 15) is 18.0 Å². The van der Waals surface area contributed by atoms with Crippen molar-refractivity contribution in [1.29, 1.82) is 0 Å². The maximum Gasteiger partial charge on any atom is 0.264 e. The highest BCUT2D eigenvalue weighted by Crippen LogP contribution is 2.30. The maximum absolute atomic E-state index is 14.0. The molecule has 2 amide bonds. The Kier molecular flexibility index (Phi) is 10.9. The van der Waals surface area contributed by atoms with Gasteiger partial charge in [-0.3, -0.25) is 13.9 Å². The van der Waals surface area contributed by atoms with E-state index in [0.29, 0.717) is 38.3 Å². The molecule has 214 valence electrons. The number of carbonyl (C=O) groups is 2. The Bertz CT molecular complexity index is 1470. The third kappa shape index (κ3) is 7.69. The lowest BCUT2D eigenvalue weighted by Gasteiger charge is -2.33. The molecule has 0 aliphatic carbocycles. The van der Waals surface area contributed by atoms with Crippen molar-refractivity contribution >= 4 is 62.3 Å². The molecule has 0 heterocycles. The largest absolute Gasteiger partial charge is 0.352 e. The van der Waals surface area contributed by atoms with E-state index >= 15 is 0 Å². The lowest BCUT2D eigenvalue weighted by Crippen LogP contribution is -2.52. The summed E-state index contributed by atoms with van der Waals surface area (Å²) in [4.78, 5) is 28.5. The van der Waals surface area contributed by atoms with Gasteiger partial charge in [0, 0.05) is 27.7 Å². The van der Waals surface area contributed by atoms with Crippen LogP contribution >= 0.6 is 34.8 Å². The molecule has 0 aliphatic heterocycles. The van der Waals surface area contributed by atoms with Crippen LogP contribution in [0, 0.1) is 6.92 Å². The topological polar surface area (TPSA) is 86.8 Å². The van der Waals surface area contributed by atoms with E-state index in [0.717, 1.165) is 4.31 Å². The van der Waals surface area contributed by atoms with E-state index in [4.69, 9.17) is 34.8 Å². The van der Waals surface area contributed by atoms with Crippen LogP contribution in [0.2, 0.25) is 15.1 Å². The van der Waals surface area contributed by atoms with Gasteiger partial charge in [-0.25, -0.2) is 8.42 Å². The molecular weight excluding hydrogens is 593 g/mol. The number of halogens is 3. The zero-order valence-corrected chi connectivity index (χ0v) is 25.8. The number of aryl methyl sites for hydroxylation is 1. The van der Waals surface area contributed by atoms with Gasteiger partial charge in [-0.1, -0.05) is 66.0 Å². The summed E-state index contributed by atoms with van der Waals surface area (Å²) >= 11 is 18.6. The lowest BCUT2D eigenvalue weighted by molar-refractivity contribution is -0.139. The second-order valence-electron chi connectivity index (χ2n) is 9.51. The summed E-state index contributed by atoms with van der Waals surface area (Å²) in [6, 6.07) is 16.4. The van der Waals surface area contributed by atoms with Gasteiger partial charge >= 0.3 is 0 Å². The zero-order valence-electron chi connectivity index (χ0n) is 22.7. The predicted molar refractivity (Wildman–Crippen MR) is 162 cm³/mol. The fourth-order valence-corrected chi connectivity index (χ4v) is 6.21. The highest BCUT2D eigenvalue weighted by atomic mass is 35.5. The van der Waals surface area contributed by atoms with E-state index in [2.05, 4.69) is 5.32 Å².